The first-order valence-corrected chi connectivity index (χ1v) is 10.9. The van der Waals surface area contributed by atoms with Crippen LogP contribution in [0.5, 0.6) is 0 Å². The maximum Gasteiger partial charge on any atom is 0.263 e. The second-order valence-electron chi connectivity index (χ2n) is 7.92. The lowest BCUT2D eigenvalue weighted by atomic mass is 10.2. The number of para-hydroxylation sites is 1. The smallest absolute Gasteiger partial charge is 0.263 e. The van der Waals surface area contributed by atoms with Gasteiger partial charge in [-0.2, -0.15) is 0 Å². The summed E-state index contributed by atoms with van der Waals surface area (Å²) < 4.78 is 16.7. The Morgan fingerprint density at radius 1 is 0.971 bits per heavy atom. The third kappa shape index (κ3) is 4.27. The van der Waals surface area contributed by atoms with Gasteiger partial charge in [-0.25, -0.2) is 4.39 Å². The van der Waals surface area contributed by atoms with Gasteiger partial charge < -0.3 is 5.32 Å². The number of carbonyl (C=O) groups excluding carboxylic acids is 1. The Morgan fingerprint density at radius 3 is 2.59 bits per heavy atom. The number of aromatic nitrogens is 5. The fourth-order valence-corrected chi connectivity index (χ4v) is 3.91. The molecule has 0 bridgehead atoms. The molecule has 5 rings (SSSR count). The number of rotatable bonds is 7. The summed E-state index contributed by atoms with van der Waals surface area (Å²) in [5.74, 6) is 0.491. The molecule has 0 aliphatic rings. The molecule has 3 heterocycles. The maximum absolute atomic E-state index is 13.3. The zero-order valence-electron chi connectivity index (χ0n) is 18.2. The average Bonchev–Trinajstić information content (AvgIpc) is 3.30. The van der Waals surface area contributed by atoms with Gasteiger partial charge in [-0.1, -0.05) is 30.3 Å². The molecule has 9 heteroatoms. The van der Waals surface area contributed by atoms with E-state index in [1.807, 2.05) is 28.7 Å². The molecule has 0 atom stereocenters. The first-order chi connectivity index (χ1) is 16.6. The van der Waals surface area contributed by atoms with Gasteiger partial charge >= 0.3 is 0 Å². The molecule has 1 amide bonds. The molecule has 5 aromatic rings. The van der Waals surface area contributed by atoms with Crippen molar-refractivity contribution in [1.82, 2.24) is 29.5 Å². The molecule has 0 aliphatic heterocycles. The normalized spacial score (nSPS) is 11.2. The Kier molecular flexibility index (Phi) is 5.82. The first kappa shape index (κ1) is 21.4. The van der Waals surface area contributed by atoms with Crippen molar-refractivity contribution < 1.29 is 9.18 Å². The number of hydrogen-bond donors (Lipinski definition) is 1. The Labute approximate surface area is 193 Å². The Balaban J connectivity index is 1.45. The Bertz CT molecular complexity index is 1530. The molecule has 3 aromatic heterocycles. The quantitative estimate of drug-likeness (QED) is 0.407. The molecule has 0 saturated heterocycles. The molecule has 0 aliphatic carbocycles. The summed E-state index contributed by atoms with van der Waals surface area (Å²) in [7, 11) is 0. The van der Waals surface area contributed by atoms with Gasteiger partial charge in [-0.3, -0.25) is 23.5 Å². The number of benzene rings is 2. The molecular formula is C25H21FN6O2. The molecule has 0 radical (unpaired) electrons. The highest BCUT2D eigenvalue weighted by Gasteiger charge is 2.17. The van der Waals surface area contributed by atoms with Crippen molar-refractivity contribution >= 4 is 22.6 Å². The summed E-state index contributed by atoms with van der Waals surface area (Å²) in [6.07, 6.45) is 3.95. The Hall–Kier alpha value is -4.40. The van der Waals surface area contributed by atoms with Crippen LogP contribution in [-0.2, 0) is 24.3 Å². The number of amides is 1. The number of pyridine rings is 1. The first-order valence-electron chi connectivity index (χ1n) is 10.9. The molecule has 0 unspecified atom stereocenters. The number of aryl methyl sites for hydroxylation is 1. The van der Waals surface area contributed by atoms with Crippen molar-refractivity contribution in [2.75, 3.05) is 0 Å². The van der Waals surface area contributed by atoms with Crippen LogP contribution in [0, 0.1) is 5.82 Å². The molecule has 8 nitrogen and oxygen atoms in total. The van der Waals surface area contributed by atoms with Crippen LogP contribution < -0.4 is 10.9 Å². The molecule has 170 valence electrons. The molecule has 0 spiro atoms. The van der Waals surface area contributed by atoms with E-state index >= 15 is 0 Å². The van der Waals surface area contributed by atoms with Gasteiger partial charge in [-0.05, 0) is 41.5 Å². The van der Waals surface area contributed by atoms with Crippen molar-refractivity contribution in [2.24, 2.45) is 0 Å². The highest BCUT2D eigenvalue weighted by molar-refractivity contribution is 5.80. The van der Waals surface area contributed by atoms with Gasteiger partial charge in [-0.15, -0.1) is 10.2 Å². The van der Waals surface area contributed by atoms with Gasteiger partial charge in [0.15, 0.2) is 0 Å². The number of fused-ring (bicyclic) bond motifs is 3. The predicted molar refractivity (Wildman–Crippen MR) is 125 cm³/mol. The van der Waals surface area contributed by atoms with Gasteiger partial charge in [0.25, 0.3) is 5.56 Å². The third-order valence-electron chi connectivity index (χ3n) is 5.62. The lowest BCUT2D eigenvalue weighted by molar-refractivity contribution is -0.121. The van der Waals surface area contributed by atoms with Crippen molar-refractivity contribution in [3.63, 3.8) is 0 Å². The van der Waals surface area contributed by atoms with E-state index in [2.05, 4.69) is 20.5 Å². The highest BCUT2D eigenvalue weighted by atomic mass is 19.1. The summed E-state index contributed by atoms with van der Waals surface area (Å²) in [6, 6.07) is 16.9. The van der Waals surface area contributed by atoms with Crippen LogP contribution in [0.3, 0.4) is 0 Å². The lowest BCUT2D eigenvalue weighted by Crippen LogP contribution is -2.25. The third-order valence-corrected chi connectivity index (χ3v) is 5.62. The summed E-state index contributed by atoms with van der Waals surface area (Å²) in [5.41, 5.74) is 2.15. The summed E-state index contributed by atoms with van der Waals surface area (Å²) in [4.78, 5) is 29.7. The second kappa shape index (κ2) is 9.22. The van der Waals surface area contributed by atoms with E-state index in [4.69, 9.17) is 0 Å². The fourth-order valence-electron chi connectivity index (χ4n) is 3.91. The minimum Gasteiger partial charge on any atom is -0.352 e. The summed E-state index contributed by atoms with van der Waals surface area (Å²) >= 11 is 0. The minimum atomic E-state index is -0.341. The van der Waals surface area contributed by atoms with Crippen molar-refractivity contribution in [3.8, 4) is 0 Å². The molecule has 2 aromatic carbocycles. The van der Waals surface area contributed by atoms with E-state index in [0.29, 0.717) is 35.5 Å². The number of nitrogens with one attached hydrogen (secondary N) is 1. The predicted octanol–water partition coefficient (Wildman–Crippen LogP) is 2.88. The number of nitrogens with zero attached hydrogens (tertiary/aromatic N) is 5. The zero-order chi connectivity index (χ0) is 23.5. The average molecular weight is 456 g/mol. The van der Waals surface area contributed by atoms with Crippen molar-refractivity contribution in [1.29, 1.82) is 0 Å². The van der Waals surface area contributed by atoms with Crippen LogP contribution in [0.15, 0.2) is 77.9 Å². The van der Waals surface area contributed by atoms with Crippen LogP contribution >= 0.6 is 0 Å². The van der Waals surface area contributed by atoms with E-state index in [9.17, 15) is 14.0 Å². The number of halogens is 1. The van der Waals surface area contributed by atoms with E-state index in [1.54, 1.807) is 36.7 Å². The summed E-state index contributed by atoms with van der Waals surface area (Å²) in [6.45, 7) is 0.616. The lowest BCUT2D eigenvalue weighted by Gasteiger charge is -2.11. The van der Waals surface area contributed by atoms with Crippen LogP contribution in [0.25, 0.3) is 16.7 Å². The van der Waals surface area contributed by atoms with Gasteiger partial charge in [0.1, 0.15) is 11.6 Å². The van der Waals surface area contributed by atoms with E-state index in [-0.39, 0.29) is 30.2 Å². The summed E-state index contributed by atoms with van der Waals surface area (Å²) in [5, 5.41) is 12.0. The second-order valence-corrected chi connectivity index (χ2v) is 7.92. The standard InChI is InChI=1S/C25H21FN6O2/c26-19-9-7-17(8-10-19)16-31-24(34)20-5-1-2-6-21(20)32-22(29-30-25(31)32)11-12-23(33)28-15-18-4-3-13-27-14-18/h1-10,13-14H,11-12,15-16H2,(H,28,33). The van der Waals surface area contributed by atoms with E-state index in [1.165, 1.54) is 16.7 Å². The largest absolute Gasteiger partial charge is 0.352 e. The zero-order valence-corrected chi connectivity index (χ0v) is 18.2. The SMILES string of the molecule is O=C(CCc1nnc2n(Cc3ccc(F)cc3)c(=O)c3ccccc3n12)NCc1cccnc1. The van der Waals surface area contributed by atoms with Gasteiger partial charge in [0.2, 0.25) is 11.7 Å². The van der Waals surface area contributed by atoms with Crippen LogP contribution in [-0.4, -0.2) is 30.1 Å². The monoisotopic (exact) mass is 456 g/mol. The molecule has 0 fully saturated rings. The number of carbonyl (C=O) groups is 1. The maximum atomic E-state index is 13.3. The molecule has 1 N–H and O–H groups in total. The van der Waals surface area contributed by atoms with Crippen LogP contribution in [0.1, 0.15) is 23.4 Å². The Morgan fingerprint density at radius 2 is 1.79 bits per heavy atom. The van der Waals surface area contributed by atoms with Crippen LogP contribution in [0.2, 0.25) is 0 Å². The van der Waals surface area contributed by atoms with Crippen molar-refractivity contribution in [3.05, 3.63) is 106 Å². The van der Waals surface area contributed by atoms with Gasteiger partial charge in [0.05, 0.1) is 17.4 Å². The molecular weight excluding hydrogens is 435 g/mol. The van der Waals surface area contributed by atoms with Crippen molar-refractivity contribution in [2.45, 2.75) is 25.9 Å². The fraction of sp³-hybridized carbons (Fsp3) is 0.160. The molecule has 34 heavy (non-hydrogen) atoms. The number of hydrogen-bond acceptors (Lipinski definition) is 5. The topological polar surface area (TPSA) is 94.2 Å². The van der Waals surface area contributed by atoms with E-state index < -0.39 is 0 Å². The molecule has 0 saturated carbocycles. The van der Waals surface area contributed by atoms with Crippen LogP contribution in [0.4, 0.5) is 4.39 Å². The van der Waals surface area contributed by atoms with E-state index in [0.717, 1.165) is 11.1 Å². The van der Waals surface area contributed by atoms with Gasteiger partial charge in [0, 0.05) is 31.8 Å². The highest BCUT2D eigenvalue weighted by Crippen LogP contribution is 2.17. The minimum absolute atomic E-state index is 0.121.